The largest absolute Gasteiger partial charge is 0.346 e. The van der Waals surface area contributed by atoms with Crippen molar-refractivity contribution in [2.45, 2.75) is 117 Å². The normalized spacial score (nSPS) is 10.9. The number of amides is 1. The first-order valence-corrected chi connectivity index (χ1v) is 10.5. The van der Waals surface area contributed by atoms with Gasteiger partial charge in [0.05, 0.1) is 0 Å². The van der Waals surface area contributed by atoms with Crippen LogP contribution in [-0.2, 0) is 4.79 Å². The first-order valence-electron chi connectivity index (χ1n) is 10.5. The summed E-state index contributed by atoms with van der Waals surface area (Å²) in [4.78, 5) is 13.5. The smallest absolute Gasteiger partial charge is 0.222 e. The monoisotopic (exact) mass is 325 g/mol. The Balaban J connectivity index is 3.09. The van der Waals surface area contributed by atoms with Gasteiger partial charge in [0.25, 0.3) is 0 Å². The van der Waals surface area contributed by atoms with E-state index in [4.69, 9.17) is 0 Å². The quantitative estimate of drug-likeness (QED) is 0.272. The van der Waals surface area contributed by atoms with E-state index in [1.807, 2.05) is 18.9 Å². The van der Waals surface area contributed by atoms with Crippen LogP contribution in [0.4, 0.5) is 0 Å². The highest BCUT2D eigenvalue weighted by Gasteiger charge is 2.05. The van der Waals surface area contributed by atoms with Gasteiger partial charge in [-0.05, 0) is 13.3 Å². The molecule has 0 fully saturated rings. The van der Waals surface area contributed by atoms with Gasteiger partial charge in [0, 0.05) is 20.0 Å². The molecule has 0 aromatic heterocycles. The number of carbonyl (C=O) groups is 1. The molecule has 0 saturated heterocycles. The average molecular weight is 326 g/mol. The molecule has 23 heavy (non-hydrogen) atoms. The lowest BCUT2D eigenvalue weighted by molar-refractivity contribution is -0.129. The molecule has 0 atom stereocenters. The number of unbranched alkanes of at least 4 members (excludes halogenated alkanes) is 14. The van der Waals surface area contributed by atoms with Crippen LogP contribution < -0.4 is 0 Å². The highest BCUT2D eigenvalue weighted by molar-refractivity contribution is 5.75. The van der Waals surface area contributed by atoms with Crippen LogP contribution in [0.15, 0.2) is 0 Å². The summed E-state index contributed by atoms with van der Waals surface area (Å²) < 4.78 is 0. The molecular formula is C21H43NO. The molecule has 0 aliphatic heterocycles. The number of rotatable bonds is 17. The topological polar surface area (TPSA) is 20.3 Å². The maximum Gasteiger partial charge on any atom is 0.222 e. The summed E-state index contributed by atoms with van der Waals surface area (Å²) in [6.07, 6.45) is 21.4. The maximum atomic E-state index is 11.6. The number of carbonyl (C=O) groups excluding carboxylic acids is 1. The van der Waals surface area contributed by atoms with Crippen molar-refractivity contribution in [3.63, 3.8) is 0 Å². The molecule has 0 aliphatic carbocycles. The van der Waals surface area contributed by atoms with E-state index in [9.17, 15) is 4.79 Å². The molecule has 0 unspecified atom stereocenters. The molecule has 0 saturated carbocycles. The Morgan fingerprint density at radius 1 is 0.609 bits per heavy atom. The molecule has 0 spiro atoms. The zero-order chi connectivity index (χ0) is 17.2. The lowest BCUT2D eigenvalue weighted by Crippen LogP contribution is -2.25. The van der Waals surface area contributed by atoms with Crippen molar-refractivity contribution in [2.75, 3.05) is 13.6 Å². The van der Waals surface area contributed by atoms with E-state index in [1.54, 1.807) is 0 Å². The van der Waals surface area contributed by atoms with Gasteiger partial charge in [-0.25, -0.2) is 0 Å². The third kappa shape index (κ3) is 16.1. The average Bonchev–Trinajstić information content (AvgIpc) is 2.57. The molecule has 0 heterocycles. The Kier molecular flexibility index (Phi) is 17.4. The fourth-order valence-corrected chi connectivity index (χ4v) is 3.01. The van der Waals surface area contributed by atoms with Gasteiger partial charge in [-0.3, -0.25) is 4.79 Å². The number of nitrogens with zero attached hydrogens (tertiary/aromatic N) is 1. The van der Waals surface area contributed by atoms with Gasteiger partial charge >= 0.3 is 0 Å². The zero-order valence-electron chi connectivity index (χ0n) is 16.4. The zero-order valence-corrected chi connectivity index (χ0v) is 16.4. The van der Waals surface area contributed by atoms with E-state index < -0.39 is 0 Å². The van der Waals surface area contributed by atoms with Crippen LogP contribution in [0.1, 0.15) is 117 Å². The molecular weight excluding hydrogens is 282 g/mol. The lowest BCUT2D eigenvalue weighted by Gasteiger charge is -2.13. The molecule has 0 radical (unpaired) electrons. The molecule has 0 rings (SSSR count). The molecule has 138 valence electrons. The van der Waals surface area contributed by atoms with Gasteiger partial charge in [-0.1, -0.05) is 96.8 Å². The van der Waals surface area contributed by atoms with Gasteiger partial charge < -0.3 is 4.90 Å². The van der Waals surface area contributed by atoms with Crippen molar-refractivity contribution in [2.24, 2.45) is 0 Å². The van der Waals surface area contributed by atoms with Crippen LogP contribution in [0.25, 0.3) is 0 Å². The summed E-state index contributed by atoms with van der Waals surface area (Å²) in [5.74, 6) is 0.308. The van der Waals surface area contributed by atoms with Crippen LogP contribution in [0.2, 0.25) is 0 Å². The summed E-state index contributed by atoms with van der Waals surface area (Å²) in [6.45, 7) is 5.15. The summed E-state index contributed by atoms with van der Waals surface area (Å²) in [6, 6.07) is 0. The van der Waals surface area contributed by atoms with Crippen molar-refractivity contribution in [3.05, 3.63) is 0 Å². The molecule has 1 amide bonds. The maximum absolute atomic E-state index is 11.6. The third-order valence-electron chi connectivity index (χ3n) is 4.89. The van der Waals surface area contributed by atoms with E-state index >= 15 is 0 Å². The first-order chi connectivity index (χ1) is 11.2. The van der Waals surface area contributed by atoms with Gasteiger partial charge in [0.1, 0.15) is 0 Å². The Labute approximate surface area is 146 Å². The predicted molar refractivity (Wildman–Crippen MR) is 103 cm³/mol. The molecule has 0 aliphatic rings. The van der Waals surface area contributed by atoms with E-state index in [2.05, 4.69) is 6.92 Å². The number of hydrogen-bond acceptors (Lipinski definition) is 1. The minimum atomic E-state index is 0.308. The summed E-state index contributed by atoms with van der Waals surface area (Å²) in [5, 5.41) is 0. The highest BCUT2D eigenvalue weighted by Crippen LogP contribution is 2.13. The van der Waals surface area contributed by atoms with Crippen molar-refractivity contribution >= 4 is 5.91 Å². The molecule has 0 aromatic carbocycles. The fourth-order valence-electron chi connectivity index (χ4n) is 3.01. The van der Waals surface area contributed by atoms with Crippen LogP contribution in [0.5, 0.6) is 0 Å². The van der Waals surface area contributed by atoms with Crippen molar-refractivity contribution in [1.29, 1.82) is 0 Å². The van der Waals surface area contributed by atoms with Gasteiger partial charge in [-0.2, -0.15) is 0 Å². The molecule has 2 heteroatoms. The summed E-state index contributed by atoms with van der Waals surface area (Å²) in [5.41, 5.74) is 0. The van der Waals surface area contributed by atoms with Gasteiger partial charge in [-0.15, -0.1) is 0 Å². The first kappa shape index (κ1) is 22.5. The van der Waals surface area contributed by atoms with E-state index in [0.717, 1.165) is 19.4 Å². The highest BCUT2D eigenvalue weighted by atomic mass is 16.2. The number of hydrogen-bond donors (Lipinski definition) is 0. The van der Waals surface area contributed by atoms with E-state index in [-0.39, 0.29) is 0 Å². The van der Waals surface area contributed by atoms with E-state index in [1.165, 1.54) is 89.9 Å². The fraction of sp³-hybridized carbons (Fsp3) is 0.952. The Hall–Kier alpha value is -0.530. The molecule has 0 N–H and O–H groups in total. The second-order valence-electron chi connectivity index (χ2n) is 7.11. The summed E-state index contributed by atoms with van der Waals surface area (Å²) >= 11 is 0. The van der Waals surface area contributed by atoms with Crippen LogP contribution >= 0.6 is 0 Å². The van der Waals surface area contributed by atoms with Crippen LogP contribution in [0, 0.1) is 0 Å². The Morgan fingerprint density at radius 2 is 0.957 bits per heavy atom. The minimum absolute atomic E-state index is 0.308. The molecule has 0 aromatic rings. The minimum Gasteiger partial charge on any atom is -0.346 e. The Morgan fingerprint density at radius 3 is 1.30 bits per heavy atom. The second-order valence-corrected chi connectivity index (χ2v) is 7.11. The molecule has 0 bridgehead atoms. The standard InChI is InChI=1S/C21H43NO/c1-4-6-7-8-9-10-11-12-13-14-15-16-17-18-19-20-21(23)22(3)5-2/h4-20H2,1-3H3. The Bertz CT molecular complexity index is 252. The third-order valence-corrected chi connectivity index (χ3v) is 4.89. The van der Waals surface area contributed by atoms with Gasteiger partial charge in [0.15, 0.2) is 0 Å². The summed E-state index contributed by atoms with van der Waals surface area (Å²) in [7, 11) is 1.90. The van der Waals surface area contributed by atoms with Crippen LogP contribution in [-0.4, -0.2) is 24.4 Å². The van der Waals surface area contributed by atoms with E-state index in [0.29, 0.717) is 5.91 Å². The van der Waals surface area contributed by atoms with Crippen LogP contribution in [0.3, 0.4) is 0 Å². The van der Waals surface area contributed by atoms with Crippen molar-refractivity contribution in [1.82, 2.24) is 4.90 Å². The lowest BCUT2D eigenvalue weighted by atomic mass is 10.0. The van der Waals surface area contributed by atoms with Crippen molar-refractivity contribution < 1.29 is 4.79 Å². The predicted octanol–water partition coefficient (Wildman–Crippen LogP) is 6.73. The van der Waals surface area contributed by atoms with Crippen molar-refractivity contribution in [3.8, 4) is 0 Å². The molecule has 2 nitrogen and oxygen atoms in total. The second kappa shape index (κ2) is 17.8. The van der Waals surface area contributed by atoms with Gasteiger partial charge in [0.2, 0.25) is 5.91 Å². The SMILES string of the molecule is CCCCCCCCCCCCCCCCCC(=O)N(C)CC.